The maximum absolute atomic E-state index is 10.3. The molecular weight excluding hydrogens is 146 g/mol. The lowest BCUT2D eigenvalue weighted by molar-refractivity contribution is -0.139. The van der Waals surface area contributed by atoms with Gasteiger partial charge < -0.3 is 15.2 Å². The standard InChI is InChI=1S/C7H15NO3/c1-6(7(9)10)8-4-3-5-11-2/h6,8H,3-5H2,1-2H3,(H,9,10)/t6-/m1/s1. The first-order valence-corrected chi connectivity index (χ1v) is 3.63. The van der Waals surface area contributed by atoms with Gasteiger partial charge in [-0.15, -0.1) is 0 Å². The lowest BCUT2D eigenvalue weighted by Crippen LogP contribution is -2.34. The van der Waals surface area contributed by atoms with Crippen LogP contribution in [0.5, 0.6) is 0 Å². The highest BCUT2D eigenvalue weighted by atomic mass is 16.5. The molecule has 0 saturated heterocycles. The summed E-state index contributed by atoms with van der Waals surface area (Å²) >= 11 is 0. The average molecular weight is 161 g/mol. The van der Waals surface area contributed by atoms with E-state index in [1.807, 2.05) is 0 Å². The molecule has 0 radical (unpaired) electrons. The van der Waals surface area contributed by atoms with Crippen molar-refractivity contribution in [2.24, 2.45) is 0 Å². The van der Waals surface area contributed by atoms with Crippen LogP contribution >= 0.6 is 0 Å². The molecule has 0 aromatic heterocycles. The van der Waals surface area contributed by atoms with Gasteiger partial charge in [-0.25, -0.2) is 0 Å². The fourth-order valence-corrected chi connectivity index (χ4v) is 0.622. The first-order valence-electron chi connectivity index (χ1n) is 3.63. The van der Waals surface area contributed by atoms with E-state index in [0.29, 0.717) is 13.2 Å². The Kier molecular flexibility index (Phi) is 5.78. The van der Waals surface area contributed by atoms with Crippen LogP contribution in [0.25, 0.3) is 0 Å². The molecule has 0 aromatic carbocycles. The van der Waals surface area contributed by atoms with Crippen molar-refractivity contribution < 1.29 is 14.6 Å². The minimum atomic E-state index is -0.817. The fraction of sp³-hybridized carbons (Fsp3) is 0.857. The molecule has 2 N–H and O–H groups in total. The lowest BCUT2D eigenvalue weighted by atomic mass is 10.3. The van der Waals surface area contributed by atoms with E-state index < -0.39 is 12.0 Å². The molecule has 4 nitrogen and oxygen atoms in total. The van der Waals surface area contributed by atoms with Gasteiger partial charge in [0.25, 0.3) is 0 Å². The second-order valence-corrected chi connectivity index (χ2v) is 2.36. The van der Waals surface area contributed by atoms with Crippen LogP contribution in [0.2, 0.25) is 0 Å². The van der Waals surface area contributed by atoms with Crippen LogP contribution in [0.4, 0.5) is 0 Å². The summed E-state index contributed by atoms with van der Waals surface area (Å²) in [6.45, 7) is 2.97. The number of carboxylic acid groups (broad SMARTS) is 1. The summed E-state index contributed by atoms with van der Waals surface area (Å²) in [6.07, 6.45) is 0.841. The molecule has 0 saturated carbocycles. The van der Waals surface area contributed by atoms with Crippen LogP contribution in [0.3, 0.4) is 0 Å². The maximum atomic E-state index is 10.3. The summed E-state index contributed by atoms with van der Waals surface area (Å²) in [7, 11) is 1.63. The predicted octanol–water partition coefficient (Wildman–Crippen LogP) is 0.0856. The van der Waals surface area contributed by atoms with Gasteiger partial charge in [0.2, 0.25) is 0 Å². The zero-order chi connectivity index (χ0) is 8.69. The number of methoxy groups -OCH3 is 1. The third-order valence-electron chi connectivity index (χ3n) is 1.35. The highest BCUT2D eigenvalue weighted by molar-refractivity contribution is 5.72. The number of carboxylic acids is 1. The maximum Gasteiger partial charge on any atom is 0.320 e. The number of nitrogens with one attached hydrogen (secondary N) is 1. The van der Waals surface area contributed by atoms with Crippen LogP contribution < -0.4 is 5.32 Å². The van der Waals surface area contributed by atoms with Crippen molar-refractivity contribution in [3.63, 3.8) is 0 Å². The Morgan fingerprint density at radius 1 is 1.73 bits per heavy atom. The quantitative estimate of drug-likeness (QED) is 0.542. The van der Waals surface area contributed by atoms with Crippen molar-refractivity contribution in [1.82, 2.24) is 5.32 Å². The van der Waals surface area contributed by atoms with Gasteiger partial charge in [-0.05, 0) is 19.9 Å². The highest BCUT2D eigenvalue weighted by Crippen LogP contribution is 1.82. The van der Waals surface area contributed by atoms with E-state index in [0.717, 1.165) is 6.42 Å². The van der Waals surface area contributed by atoms with E-state index in [-0.39, 0.29) is 0 Å². The Labute approximate surface area is 66.5 Å². The van der Waals surface area contributed by atoms with E-state index >= 15 is 0 Å². The molecule has 0 aromatic rings. The zero-order valence-corrected chi connectivity index (χ0v) is 6.96. The van der Waals surface area contributed by atoms with Crippen molar-refractivity contribution in [2.45, 2.75) is 19.4 Å². The third kappa shape index (κ3) is 5.82. The van der Waals surface area contributed by atoms with Crippen LogP contribution in [0, 0.1) is 0 Å². The Balaban J connectivity index is 3.17. The van der Waals surface area contributed by atoms with Gasteiger partial charge in [0.05, 0.1) is 0 Å². The number of rotatable bonds is 6. The molecule has 0 aliphatic heterocycles. The van der Waals surface area contributed by atoms with Crippen LogP contribution in [-0.2, 0) is 9.53 Å². The molecule has 0 aliphatic rings. The van der Waals surface area contributed by atoms with Crippen LogP contribution in [-0.4, -0.2) is 37.4 Å². The monoisotopic (exact) mass is 161 g/mol. The molecule has 0 fully saturated rings. The Hall–Kier alpha value is -0.610. The SMILES string of the molecule is COCCCN[C@H](C)C(=O)O. The van der Waals surface area contributed by atoms with Crippen molar-refractivity contribution in [3.05, 3.63) is 0 Å². The summed E-state index contributed by atoms with van der Waals surface area (Å²) in [5.41, 5.74) is 0. The van der Waals surface area contributed by atoms with E-state index in [9.17, 15) is 4.79 Å². The van der Waals surface area contributed by atoms with Gasteiger partial charge in [-0.1, -0.05) is 0 Å². The summed E-state index contributed by atoms with van der Waals surface area (Å²) < 4.78 is 4.80. The molecule has 0 amide bonds. The number of hydrogen-bond donors (Lipinski definition) is 2. The van der Waals surface area contributed by atoms with E-state index in [1.54, 1.807) is 14.0 Å². The average Bonchev–Trinajstić information content (AvgIpc) is 1.97. The second kappa shape index (κ2) is 6.12. The number of aliphatic carboxylic acids is 1. The molecule has 0 bridgehead atoms. The molecule has 0 spiro atoms. The van der Waals surface area contributed by atoms with Gasteiger partial charge in [-0.3, -0.25) is 4.79 Å². The minimum Gasteiger partial charge on any atom is -0.480 e. The first kappa shape index (κ1) is 10.4. The van der Waals surface area contributed by atoms with Gasteiger partial charge in [0.1, 0.15) is 6.04 Å². The van der Waals surface area contributed by atoms with Gasteiger partial charge >= 0.3 is 5.97 Å². The zero-order valence-electron chi connectivity index (χ0n) is 6.96. The molecular formula is C7H15NO3. The molecule has 0 heterocycles. The summed E-state index contributed by atoms with van der Waals surface area (Å²) in [6, 6.07) is -0.466. The Bertz CT molecular complexity index is 116. The predicted molar refractivity (Wildman–Crippen MR) is 41.6 cm³/mol. The van der Waals surface area contributed by atoms with E-state index in [4.69, 9.17) is 9.84 Å². The lowest BCUT2D eigenvalue weighted by Gasteiger charge is -2.07. The molecule has 66 valence electrons. The van der Waals surface area contributed by atoms with Crippen molar-refractivity contribution in [3.8, 4) is 0 Å². The van der Waals surface area contributed by atoms with Crippen LogP contribution in [0.15, 0.2) is 0 Å². The normalized spacial score (nSPS) is 12.9. The summed E-state index contributed by atoms with van der Waals surface area (Å²) in [4.78, 5) is 10.3. The Morgan fingerprint density at radius 2 is 2.36 bits per heavy atom. The smallest absolute Gasteiger partial charge is 0.320 e. The van der Waals surface area contributed by atoms with E-state index in [2.05, 4.69) is 5.32 Å². The number of ether oxygens (including phenoxy) is 1. The molecule has 11 heavy (non-hydrogen) atoms. The van der Waals surface area contributed by atoms with E-state index in [1.165, 1.54) is 0 Å². The molecule has 4 heteroatoms. The molecule has 0 rings (SSSR count). The largest absolute Gasteiger partial charge is 0.480 e. The first-order chi connectivity index (χ1) is 5.18. The highest BCUT2D eigenvalue weighted by Gasteiger charge is 2.07. The third-order valence-corrected chi connectivity index (χ3v) is 1.35. The van der Waals surface area contributed by atoms with Crippen molar-refractivity contribution in [2.75, 3.05) is 20.3 Å². The molecule has 0 unspecified atom stereocenters. The van der Waals surface area contributed by atoms with Crippen molar-refractivity contribution in [1.29, 1.82) is 0 Å². The topological polar surface area (TPSA) is 58.6 Å². The Morgan fingerprint density at radius 3 is 2.82 bits per heavy atom. The van der Waals surface area contributed by atoms with Crippen LogP contribution in [0.1, 0.15) is 13.3 Å². The molecule has 1 atom stereocenters. The number of hydrogen-bond acceptors (Lipinski definition) is 3. The fourth-order valence-electron chi connectivity index (χ4n) is 0.622. The second-order valence-electron chi connectivity index (χ2n) is 2.36. The minimum absolute atomic E-state index is 0.466. The summed E-state index contributed by atoms with van der Waals surface area (Å²) in [5, 5.41) is 11.3. The van der Waals surface area contributed by atoms with Gasteiger partial charge in [0, 0.05) is 13.7 Å². The summed E-state index contributed by atoms with van der Waals surface area (Å²) in [5.74, 6) is -0.817. The number of carbonyl (C=O) groups is 1. The van der Waals surface area contributed by atoms with Gasteiger partial charge in [-0.2, -0.15) is 0 Å². The van der Waals surface area contributed by atoms with Crippen molar-refractivity contribution >= 4 is 5.97 Å². The van der Waals surface area contributed by atoms with Gasteiger partial charge in [0.15, 0.2) is 0 Å². The molecule has 0 aliphatic carbocycles.